The third-order valence-electron chi connectivity index (χ3n) is 7.92. The van der Waals surface area contributed by atoms with Crippen LogP contribution >= 0.6 is 34.8 Å². The van der Waals surface area contributed by atoms with Crippen LogP contribution in [0.1, 0.15) is 50.6 Å². The lowest BCUT2D eigenvalue weighted by atomic mass is 9.63. The molecule has 2 atom stereocenters. The number of aromatic nitrogens is 2. The second-order valence-corrected chi connectivity index (χ2v) is 10.7. The number of nitrogens with one attached hydrogen (secondary N) is 1. The zero-order chi connectivity index (χ0) is 22.3. The summed E-state index contributed by atoms with van der Waals surface area (Å²) in [6.07, 6.45) is 1.56. The molecule has 2 bridgehead atoms. The Labute approximate surface area is 196 Å². The zero-order valence-electron chi connectivity index (χ0n) is 17.7. The van der Waals surface area contributed by atoms with E-state index in [1.165, 1.54) is 0 Å². The van der Waals surface area contributed by atoms with E-state index in [1.54, 1.807) is 18.2 Å². The molecule has 31 heavy (non-hydrogen) atoms. The average Bonchev–Trinajstić information content (AvgIpc) is 3.00. The number of amides is 1. The lowest BCUT2D eigenvalue weighted by Gasteiger charge is -2.39. The highest BCUT2D eigenvalue weighted by molar-refractivity contribution is 6.42. The van der Waals surface area contributed by atoms with Crippen LogP contribution in [0.4, 0.5) is 5.69 Å². The van der Waals surface area contributed by atoms with E-state index in [-0.39, 0.29) is 16.7 Å². The summed E-state index contributed by atoms with van der Waals surface area (Å²) in [7, 11) is 0. The molecule has 3 aromatic rings. The normalized spacial score (nSPS) is 25.6. The molecule has 1 N–H and O–H groups in total. The molecule has 0 aliphatic heterocycles. The van der Waals surface area contributed by atoms with Gasteiger partial charge < -0.3 is 5.32 Å². The van der Waals surface area contributed by atoms with Crippen LogP contribution in [0.5, 0.6) is 0 Å². The van der Waals surface area contributed by atoms with Gasteiger partial charge in [-0.3, -0.25) is 4.79 Å². The van der Waals surface area contributed by atoms with Gasteiger partial charge in [0.15, 0.2) is 0 Å². The highest BCUT2D eigenvalue weighted by Crippen LogP contribution is 2.70. The summed E-state index contributed by atoms with van der Waals surface area (Å²) in [6.45, 7) is 8.45. The Kier molecular flexibility index (Phi) is 4.45. The number of hydrogen-bond donors (Lipinski definition) is 1. The molecule has 4 nitrogen and oxygen atoms in total. The van der Waals surface area contributed by atoms with Crippen molar-refractivity contribution in [1.29, 1.82) is 0 Å². The van der Waals surface area contributed by atoms with Crippen molar-refractivity contribution in [2.45, 2.75) is 51.4 Å². The van der Waals surface area contributed by atoms with Crippen molar-refractivity contribution in [2.24, 2.45) is 5.41 Å². The van der Waals surface area contributed by atoms with Crippen LogP contribution in [0.15, 0.2) is 30.3 Å². The summed E-state index contributed by atoms with van der Waals surface area (Å²) in [5.74, 6) is -0.0703. The summed E-state index contributed by atoms with van der Waals surface area (Å²) >= 11 is 18.7. The molecule has 2 aliphatic rings. The first-order chi connectivity index (χ1) is 14.5. The Morgan fingerprint density at radius 1 is 0.935 bits per heavy atom. The molecule has 160 valence electrons. The monoisotopic (exact) mass is 473 g/mol. The van der Waals surface area contributed by atoms with Crippen molar-refractivity contribution < 1.29 is 4.79 Å². The smallest absolute Gasteiger partial charge is 0.237 e. The van der Waals surface area contributed by atoms with Crippen LogP contribution in [0.3, 0.4) is 0 Å². The molecule has 1 saturated carbocycles. The Morgan fingerprint density at radius 3 is 2.19 bits per heavy atom. The maximum Gasteiger partial charge on any atom is 0.237 e. The predicted octanol–water partition coefficient (Wildman–Crippen LogP) is 6.87. The first-order valence-corrected chi connectivity index (χ1v) is 11.4. The molecule has 1 heterocycles. The minimum atomic E-state index is -0.806. The number of rotatable bonds is 2. The second-order valence-electron chi connectivity index (χ2n) is 9.45. The fourth-order valence-electron chi connectivity index (χ4n) is 5.56. The first-order valence-electron chi connectivity index (χ1n) is 10.3. The summed E-state index contributed by atoms with van der Waals surface area (Å²) in [6, 6.07) is 8.98. The number of hydrogen-bond acceptors (Lipinski definition) is 3. The van der Waals surface area contributed by atoms with E-state index in [2.05, 4.69) is 26.1 Å². The van der Waals surface area contributed by atoms with Crippen molar-refractivity contribution in [2.75, 3.05) is 5.32 Å². The predicted molar refractivity (Wildman–Crippen MR) is 126 cm³/mol. The van der Waals surface area contributed by atoms with E-state index in [0.29, 0.717) is 38.2 Å². The number of aryl methyl sites for hydroxylation is 1. The molecule has 1 aromatic heterocycles. The lowest BCUT2D eigenvalue weighted by Crippen LogP contribution is -2.48. The van der Waals surface area contributed by atoms with Crippen molar-refractivity contribution in [3.63, 3.8) is 0 Å². The third-order valence-corrected chi connectivity index (χ3v) is 8.87. The number of carbonyl (C=O) groups is 1. The van der Waals surface area contributed by atoms with Crippen LogP contribution < -0.4 is 5.32 Å². The minimum Gasteiger partial charge on any atom is -0.325 e. The van der Waals surface area contributed by atoms with Gasteiger partial charge in [0.05, 0.1) is 37.9 Å². The van der Waals surface area contributed by atoms with Gasteiger partial charge in [-0.15, -0.1) is 0 Å². The molecule has 1 fully saturated rings. The molecule has 0 saturated heterocycles. The van der Waals surface area contributed by atoms with E-state index in [1.807, 2.05) is 19.1 Å². The molecule has 2 unspecified atom stereocenters. The van der Waals surface area contributed by atoms with Gasteiger partial charge in [0.2, 0.25) is 5.91 Å². The topological polar surface area (TPSA) is 54.9 Å². The molecule has 7 heteroatoms. The maximum absolute atomic E-state index is 14.0. The van der Waals surface area contributed by atoms with E-state index >= 15 is 0 Å². The van der Waals surface area contributed by atoms with E-state index in [9.17, 15) is 4.79 Å². The summed E-state index contributed by atoms with van der Waals surface area (Å²) < 4.78 is 0. The second kappa shape index (κ2) is 6.57. The van der Waals surface area contributed by atoms with Crippen LogP contribution in [0.25, 0.3) is 11.0 Å². The molecular weight excluding hydrogens is 453 g/mol. The van der Waals surface area contributed by atoms with E-state index in [4.69, 9.17) is 44.8 Å². The fraction of sp³-hybridized carbons (Fsp3) is 0.375. The van der Waals surface area contributed by atoms with Gasteiger partial charge in [-0.25, -0.2) is 9.97 Å². The number of fused-ring (bicyclic) bond motifs is 6. The van der Waals surface area contributed by atoms with Crippen LogP contribution in [-0.4, -0.2) is 15.9 Å². The quantitative estimate of drug-likeness (QED) is 0.441. The molecule has 0 radical (unpaired) electrons. The first kappa shape index (κ1) is 21.0. The van der Waals surface area contributed by atoms with E-state index < -0.39 is 5.41 Å². The van der Waals surface area contributed by atoms with Crippen molar-refractivity contribution in [1.82, 2.24) is 9.97 Å². The van der Waals surface area contributed by atoms with Gasteiger partial charge in [0.25, 0.3) is 0 Å². The van der Waals surface area contributed by atoms with Crippen LogP contribution in [0, 0.1) is 12.3 Å². The highest BCUT2D eigenvalue weighted by Gasteiger charge is 2.73. The summed E-state index contributed by atoms with van der Waals surface area (Å²) in [4.78, 5) is 23.9. The van der Waals surface area contributed by atoms with Gasteiger partial charge in [-0.05, 0) is 55.0 Å². The molecule has 2 aliphatic carbocycles. The molecule has 2 aromatic carbocycles. The van der Waals surface area contributed by atoms with Crippen LogP contribution in [-0.2, 0) is 15.6 Å². The maximum atomic E-state index is 14.0. The molecular formula is C24H22Cl3N3O. The summed E-state index contributed by atoms with van der Waals surface area (Å²) in [5, 5.41) is 4.60. The van der Waals surface area contributed by atoms with Crippen LogP contribution in [0.2, 0.25) is 15.1 Å². The van der Waals surface area contributed by atoms with Gasteiger partial charge in [-0.2, -0.15) is 0 Å². The molecule has 0 spiro atoms. The Morgan fingerprint density at radius 2 is 1.55 bits per heavy atom. The van der Waals surface area contributed by atoms with E-state index in [0.717, 1.165) is 23.4 Å². The number of nitrogens with zero attached hydrogens (tertiary/aromatic N) is 2. The zero-order valence-corrected chi connectivity index (χ0v) is 20.0. The third kappa shape index (κ3) is 2.59. The number of benzene rings is 2. The molecule has 5 rings (SSSR count). The van der Waals surface area contributed by atoms with Crippen molar-refractivity contribution >= 4 is 57.4 Å². The van der Waals surface area contributed by atoms with Gasteiger partial charge >= 0.3 is 0 Å². The Balaban J connectivity index is 1.72. The minimum absolute atomic E-state index is 0.0703. The number of carbonyl (C=O) groups excluding carboxylic acids is 1. The summed E-state index contributed by atoms with van der Waals surface area (Å²) in [5.41, 5.74) is 3.16. The average molecular weight is 475 g/mol. The molecule has 1 amide bonds. The number of anilines is 1. The van der Waals surface area contributed by atoms with Crippen molar-refractivity contribution in [3.8, 4) is 0 Å². The SMILES string of the molecule is Cc1ccc(Cl)cc1NC(=O)C12CCC(C)(c3nc4cc(Cl)c(Cl)cc4nc31)C2(C)C. The highest BCUT2D eigenvalue weighted by atomic mass is 35.5. The fourth-order valence-corrected chi connectivity index (χ4v) is 6.05. The largest absolute Gasteiger partial charge is 0.325 e. The van der Waals surface area contributed by atoms with Gasteiger partial charge in [0, 0.05) is 16.1 Å². The van der Waals surface area contributed by atoms with Gasteiger partial charge in [-0.1, -0.05) is 61.6 Å². The standard InChI is InChI=1S/C24H22Cl3N3O/c1-12-5-6-13(25)9-16(12)30-21(31)24-8-7-23(4,22(24,2)3)19-20(24)29-18-11-15(27)14(26)10-17(18)28-19/h5-6,9-11H,7-8H2,1-4H3,(H,30,31). The number of halogens is 3. The van der Waals surface area contributed by atoms with Gasteiger partial charge in [0.1, 0.15) is 0 Å². The lowest BCUT2D eigenvalue weighted by molar-refractivity contribution is -0.125. The van der Waals surface area contributed by atoms with Crippen molar-refractivity contribution in [3.05, 3.63) is 62.4 Å². The Bertz CT molecular complexity index is 1290. The Hall–Kier alpha value is -1.88.